The summed E-state index contributed by atoms with van der Waals surface area (Å²) in [6.07, 6.45) is 5.04. The van der Waals surface area contributed by atoms with E-state index in [2.05, 4.69) is 6.92 Å². The van der Waals surface area contributed by atoms with E-state index in [1.807, 2.05) is 11.9 Å². The monoisotopic (exact) mass is 228 g/mol. The standard InChI is InChI=1S/C11H20N2OS/c1-8-5-3-4-6-9(8)13(2)11(14)7-10(12)15/h8-9H,3-7H2,1-2H3,(H2,12,15). The Morgan fingerprint density at radius 2 is 2.07 bits per heavy atom. The number of thiocarbonyl (C=S) groups is 1. The SMILES string of the molecule is CC1CCCCC1N(C)C(=O)CC(N)=S. The Morgan fingerprint density at radius 3 is 2.60 bits per heavy atom. The Hall–Kier alpha value is -0.640. The van der Waals surface area contributed by atoms with Gasteiger partial charge in [-0.3, -0.25) is 4.79 Å². The van der Waals surface area contributed by atoms with Gasteiger partial charge in [0.1, 0.15) is 0 Å². The first-order valence-electron chi connectivity index (χ1n) is 5.56. The van der Waals surface area contributed by atoms with Crippen molar-refractivity contribution in [3.05, 3.63) is 0 Å². The zero-order valence-corrected chi connectivity index (χ0v) is 10.3. The number of amides is 1. The van der Waals surface area contributed by atoms with Gasteiger partial charge in [-0.05, 0) is 18.8 Å². The summed E-state index contributed by atoms with van der Waals surface area (Å²) in [4.78, 5) is 13.9. The summed E-state index contributed by atoms with van der Waals surface area (Å²) in [6.45, 7) is 2.22. The van der Waals surface area contributed by atoms with E-state index in [9.17, 15) is 4.79 Å². The van der Waals surface area contributed by atoms with Gasteiger partial charge in [-0.15, -0.1) is 0 Å². The van der Waals surface area contributed by atoms with Crippen LogP contribution >= 0.6 is 12.2 Å². The molecule has 0 radical (unpaired) electrons. The predicted molar refractivity (Wildman–Crippen MR) is 65.6 cm³/mol. The fourth-order valence-electron chi connectivity index (χ4n) is 2.33. The van der Waals surface area contributed by atoms with Gasteiger partial charge in [-0.1, -0.05) is 32.0 Å². The van der Waals surface area contributed by atoms with Crippen LogP contribution in [0.4, 0.5) is 0 Å². The largest absolute Gasteiger partial charge is 0.393 e. The summed E-state index contributed by atoms with van der Waals surface area (Å²) in [7, 11) is 1.87. The summed E-state index contributed by atoms with van der Waals surface area (Å²) in [5.41, 5.74) is 5.38. The lowest BCUT2D eigenvalue weighted by atomic mass is 9.85. The first kappa shape index (κ1) is 12.4. The molecule has 2 atom stereocenters. The van der Waals surface area contributed by atoms with E-state index in [0.717, 1.165) is 6.42 Å². The van der Waals surface area contributed by atoms with E-state index < -0.39 is 0 Å². The fraction of sp³-hybridized carbons (Fsp3) is 0.818. The van der Waals surface area contributed by atoms with Gasteiger partial charge in [-0.25, -0.2) is 0 Å². The molecule has 15 heavy (non-hydrogen) atoms. The first-order chi connectivity index (χ1) is 7.02. The number of nitrogens with two attached hydrogens (primary N) is 1. The predicted octanol–water partition coefficient (Wildman–Crippen LogP) is 1.70. The molecule has 3 nitrogen and oxygen atoms in total. The number of hydrogen-bond donors (Lipinski definition) is 1. The Morgan fingerprint density at radius 1 is 1.47 bits per heavy atom. The molecular formula is C11H20N2OS. The molecule has 0 aromatic rings. The number of carbonyl (C=O) groups is 1. The molecule has 1 amide bonds. The van der Waals surface area contributed by atoms with E-state index in [4.69, 9.17) is 18.0 Å². The Kier molecular flexibility index (Phi) is 4.51. The van der Waals surface area contributed by atoms with Crippen molar-refractivity contribution in [2.75, 3.05) is 7.05 Å². The van der Waals surface area contributed by atoms with Crippen LogP contribution in [0.2, 0.25) is 0 Å². The van der Waals surface area contributed by atoms with Crippen LogP contribution in [0.5, 0.6) is 0 Å². The minimum atomic E-state index is 0.0567. The average Bonchev–Trinajstić information content (AvgIpc) is 2.16. The number of hydrogen-bond acceptors (Lipinski definition) is 2. The number of rotatable bonds is 3. The van der Waals surface area contributed by atoms with Gasteiger partial charge in [0.15, 0.2) is 0 Å². The molecule has 1 fully saturated rings. The second-order valence-electron chi connectivity index (χ2n) is 4.48. The van der Waals surface area contributed by atoms with Crippen molar-refractivity contribution < 1.29 is 4.79 Å². The molecule has 86 valence electrons. The van der Waals surface area contributed by atoms with Crippen molar-refractivity contribution >= 4 is 23.1 Å². The van der Waals surface area contributed by atoms with E-state index in [0.29, 0.717) is 12.0 Å². The van der Waals surface area contributed by atoms with Crippen molar-refractivity contribution in [3.8, 4) is 0 Å². The highest BCUT2D eigenvalue weighted by molar-refractivity contribution is 7.80. The van der Waals surface area contributed by atoms with E-state index in [1.165, 1.54) is 19.3 Å². The number of carbonyl (C=O) groups excluding carboxylic acids is 1. The molecular weight excluding hydrogens is 208 g/mol. The van der Waals surface area contributed by atoms with Crippen LogP contribution in [0.25, 0.3) is 0 Å². The summed E-state index contributed by atoms with van der Waals surface area (Å²) in [6, 6.07) is 0.376. The lowest BCUT2D eigenvalue weighted by Gasteiger charge is -2.36. The molecule has 0 aliphatic heterocycles. The average molecular weight is 228 g/mol. The normalized spacial score (nSPS) is 26.0. The molecule has 0 saturated heterocycles. The van der Waals surface area contributed by atoms with Crippen LogP contribution in [0.3, 0.4) is 0 Å². The minimum absolute atomic E-state index is 0.0567. The molecule has 0 aromatic heterocycles. The van der Waals surface area contributed by atoms with Crippen LogP contribution in [0.1, 0.15) is 39.0 Å². The van der Waals surface area contributed by atoms with Crippen LogP contribution in [0, 0.1) is 5.92 Å². The van der Waals surface area contributed by atoms with E-state index >= 15 is 0 Å². The molecule has 0 bridgehead atoms. The summed E-state index contributed by atoms with van der Waals surface area (Å²) in [5.74, 6) is 0.653. The van der Waals surface area contributed by atoms with Gasteiger partial charge >= 0.3 is 0 Å². The summed E-state index contributed by atoms with van der Waals surface area (Å²) in [5, 5.41) is 0. The topological polar surface area (TPSA) is 46.3 Å². The van der Waals surface area contributed by atoms with Crippen molar-refractivity contribution in [1.29, 1.82) is 0 Å². The summed E-state index contributed by atoms with van der Waals surface area (Å²) < 4.78 is 0. The fourth-order valence-corrected chi connectivity index (χ4v) is 2.45. The lowest BCUT2D eigenvalue weighted by Crippen LogP contribution is -2.43. The Balaban J connectivity index is 2.53. The number of nitrogens with zero attached hydrogens (tertiary/aromatic N) is 1. The van der Waals surface area contributed by atoms with Gasteiger partial charge in [-0.2, -0.15) is 0 Å². The third kappa shape index (κ3) is 3.45. The van der Waals surface area contributed by atoms with Crippen LogP contribution in [-0.4, -0.2) is 28.9 Å². The van der Waals surface area contributed by atoms with E-state index in [-0.39, 0.29) is 17.3 Å². The molecule has 1 aliphatic rings. The van der Waals surface area contributed by atoms with Gasteiger partial charge in [0.25, 0.3) is 0 Å². The van der Waals surface area contributed by atoms with Gasteiger partial charge in [0.05, 0.1) is 11.4 Å². The third-order valence-electron chi connectivity index (χ3n) is 3.28. The zero-order chi connectivity index (χ0) is 11.4. The van der Waals surface area contributed by atoms with Gasteiger partial charge in [0.2, 0.25) is 5.91 Å². The van der Waals surface area contributed by atoms with Crippen LogP contribution in [0.15, 0.2) is 0 Å². The van der Waals surface area contributed by atoms with Crippen molar-refractivity contribution in [2.45, 2.75) is 45.1 Å². The molecule has 0 heterocycles. The highest BCUT2D eigenvalue weighted by Gasteiger charge is 2.27. The maximum absolute atomic E-state index is 11.8. The van der Waals surface area contributed by atoms with Crippen LogP contribution < -0.4 is 5.73 Å². The van der Waals surface area contributed by atoms with Crippen molar-refractivity contribution in [1.82, 2.24) is 4.90 Å². The summed E-state index contributed by atoms with van der Waals surface area (Å²) >= 11 is 4.75. The smallest absolute Gasteiger partial charge is 0.229 e. The molecule has 1 aliphatic carbocycles. The first-order valence-corrected chi connectivity index (χ1v) is 5.97. The second-order valence-corrected chi connectivity index (χ2v) is 5.00. The highest BCUT2D eigenvalue weighted by atomic mass is 32.1. The molecule has 0 spiro atoms. The molecule has 1 rings (SSSR count). The molecule has 2 unspecified atom stereocenters. The third-order valence-corrected chi connectivity index (χ3v) is 3.43. The minimum Gasteiger partial charge on any atom is -0.393 e. The molecule has 1 saturated carbocycles. The van der Waals surface area contributed by atoms with Gasteiger partial charge in [0, 0.05) is 13.1 Å². The lowest BCUT2D eigenvalue weighted by molar-refractivity contribution is -0.132. The highest BCUT2D eigenvalue weighted by Crippen LogP contribution is 2.27. The maximum atomic E-state index is 11.8. The Bertz CT molecular complexity index is 255. The maximum Gasteiger partial charge on any atom is 0.229 e. The van der Waals surface area contributed by atoms with Crippen molar-refractivity contribution in [3.63, 3.8) is 0 Å². The van der Waals surface area contributed by atoms with Gasteiger partial charge < -0.3 is 10.6 Å². The quantitative estimate of drug-likeness (QED) is 0.748. The van der Waals surface area contributed by atoms with Crippen molar-refractivity contribution in [2.24, 2.45) is 11.7 Å². The zero-order valence-electron chi connectivity index (χ0n) is 9.53. The van der Waals surface area contributed by atoms with E-state index in [1.54, 1.807) is 0 Å². The second kappa shape index (κ2) is 5.45. The van der Waals surface area contributed by atoms with Crippen LogP contribution in [-0.2, 0) is 4.79 Å². The Labute approximate surface area is 97.0 Å². The molecule has 0 aromatic carbocycles. The molecule has 2 N–H and O–H groups in total. The molecule has 4 heteroatoms.